The molecule has 0 unspecified atom stereocenters. The van der Waals surface area contributed by atoms with E-state index in [1.807, 2.05) is 6.26 Å². The third kappa shape index (κ3) is 5.29. The topological polar surface area (TPSA) is 110 Å². The second kappa shape index (κ2) is 9.33. The molecular weight excluding hydrogens is 354 g/mol. The number of carbonyl (C=O) groups excluding carboxylic acids is 1. The van der Waals surface area contributed by atoms with Crippen LogP contribution in [0.15, 0.2) is 23.5 Å². The van der Waals surface area contributed by atoms with Crippen LogP contribution >= 0.6 is 11.8 Å². The van der Waals surface area contributed by atoms with Crippen molar-refractivity contribution in [2.75, 3.05) is 12.8 Å². The van der Waals surface area contributed by atoms with Crippen molar-refractivity contribution >= 4 is 23.6 Å². The van der Waals surface area contributed by atoms with Crippen LogP contribution in [0.25, 0.3) is 0 Å². The number of hydrogen-bond acceptors (Lipinski definition) is 6. The molecule has 0 saturated heterocycles. The number of aromatic nitrogens is 4. The summed E-state index contributed by atoms with van der Waals surface area (Å²) in [6, 6.07) is 2.76. The summed E-state index contributed by atoms with van der Waals surface area (Å²) < 4.78 is 2.12. The highest BCUT2D eigenvalue weighted by Crippen LogP contribution is 2.16. The normalized spacial score (nSPS) is 10.9. The Labute approximate surface area is 156 Å². The molecule has 9 heteroatoms. The van der Waals surface area contributed by atoms with Crippen LogP contribution in [-0.2, 0) is 13.0 Å². The molecule has 0 fully saturated rings. The maximum Gasteiger partial charge on any atom is 0.354 e. The third-order valence-corrected chi connectivity index (χ3v) is 4.29. The van der Waals surface area contributed by atoms with E-state index in [2.05, 4.69) is 38.9 Å². The molecule has 8 nitrogen and oxygen atoms in total. The summed E-state index contributed by atoms with van der Waals surface area (Å²) in [6.07, 6.45) is 4.71. The van der Waals surface area contributed by atoms with Gasteiger partial charge in [-0.2, -0.15) is 0 Å². The van der Waals surface area contributed by atoms with E-state index in [4.69, 9.17) is 5.11 Å². The fourth-order valence-electron chi connectivity index (χ4n) is 2.44. The highest BCUT2D eigenvalue weighted by Gasteiger charge is 2.13. The van der Waals surface area contributed by atoms with Gasteiger partial charge in [-0.1, -0.05) is 25.6 Å². The molecule has 0 bridgehead atoms. The first kappa shape index (κ1) is 19.9. The fraction of sp³-hybridized carbons (Fsp3) is 0.471. The van der Waals surface area contributed by atoms with Crippen molar-refractivity contribution in [1.29, 1.82) is 0 Å². The summed E-state index contributed by atoms with van der Waals surface area (Å²) in [5.74, 6) is -0.0723. The highest BCUT2D eigenvalue weighted by atomic mass is 32.2. The van der Waals surface area contributed by atoms with Crippen LogP contribution < -0.4 is 5.32 Å². The quantitative estimate of drug-likeness (QED) is 0.509. The van der Waals surface area contributed by atoms with Crippen molar-refractivity contribution in [3.63, 3.8) is 0 Å². The van der Waals surface area contributed by atoms with Crippen LogP contribution in [0.4, 0.5) is 0 Å². The van der Waals surface area contributed by atoms with Crippen molar-refractivity contribution in [3.8, 4) is 0 Å². The van der Waals surface area contributed by atoms with E-state index in [0.717, 1.165) is 17.5 Å². The molecule has 0 saturated carbocycles. The summed E-state index contributed by atoms with van der Waals surface area (Å²) in [5.41, 5.74) is 0.133. The zero-order chi connectivity index (χ0) is 19.1. The summed E-state index contributed by atoms with van der Waals surface area (Å²) in [4.78, 5) is 26.7. The van der Waals surface area contributed by atoms with E-state index in [1.54, 1.807) is 11.8 Å². The van der Waals surface area contributed by atoms with Crippen LogP contribution in [0.5, 0.6) is 0 Å². The lowest BCUT2D eigenvalue weighted by molar-refractivity contribution is 0.0690. The maximum absolute atomic E-state index is 12.1. The Hall–Kier alpha value is -2.42. The molecule has 2 heterocycles. The number of nitrogens with one attached hydrogen (secondary N) is 1. The number of carboxylic acids is 1. The maximum atomic E-state index is 12.1. The Morgan fingerprint density at radius 3 is 2.77 bits per heavy atom. The van der Waals surface area contributed by atoms with Gasteiger partial charge >= 0.3 is 5.97 Å². The average molecular weight is 377 g/mol. The molecule has 2 aromatic rings. The number of rotatable bonds is 9. The molecule has 0 radical (unpaired) electrons. The van der Waals surface area contributed by atoms with Gasteiger partial charge in [0.15, 0.2) is 5.16 Å². The average Bonchev–Trinajstić information content (AvgIpc) is 2.99. The first-order chi connectivity index (χ1) is 12.4. The van der Waals surface area contributed by atoms with Gasteiger partial charge in [-0.3, -0.25) is 4.79 Å². The summed E-state index contributed by atoms with van der Waals surface area (Å²) in [7, 11) is 0. The van der Waals surface area contributed by atoms with Crippen molar-refractivity contribution in [1.82, 2.24) is 25.1 Å². The van der Waals surface area contributed by atoms with Gasteiger partial charge in [0.1, 0.15) is 11.5 Å². The Morgan fingerprint density at radius 2 is 2.12 bits per heavy atom. The SMILES string of the molecule is CSc1nnc(CCCNC(=O)c2ccnc(C(=O)O)c2)n1CC(C)C. The van der Waals surface area contributed by atoms with Gasteiger partial charge in [0.05, 0.1) is 0 Å². The van der Waals surface area contributed by atoms with E-state index < -0.39 is 5.97 Å². The monoisotopic (exact) mass is 377 g/mol. The lowest BCUT2D eigenvalue weighted by Gasteiger charge is -2.11. The van der Waals surface area contributed by atoms with Crippen LogP contribution in [-0.4, -0.2) is 49.5 Å². The number of amides is 1. The molecule has 0 aliphatic rings. The van der Waals surface area contributed by atoms with Gasteiger partial charge in [-0.25, -0.2) is 9.78 Å². The second-order valence-corrected chi connectivity index (χ2v) is 6.98. The Morgan fingerprint density at radius 1 is 1.35 bits per heavy atom. The minimum Gasteiger partial charge on any atom is -0.477 e. The summed E-state index contributed by atoms with van der Waals surface area (Å²) in [5, 5.41) is 21.1. The van der Waals surface area contributed by atoms with Crippen LogP contribution in [0.1, 0.15) is 46.9 Å². The van der Waals surface area contributed by atoms with Gasteiger partial charge in [0.25, 0.3) is 5.91 Å². The van der Waals surface area contributed by atoms with Crippen molar-refractivity contribution in [2.24, 2.45) is 5.92 Å². The van der Waals surface area contributed by atoms with E-state index in [-0.39, 0.29) is 17.2 Å². The number of thioether (sulfide) groups is 1. The van der Waals surface area contributed by atoms with Crippen molar-refractivity contribution in [2.45, 2.75) is 38.4 Å². The molecule has 140 valence electrons. The highest BCUT2D eigenvalue weighted by molar-refractivity contribution is 7.98. The van der Waals surface area contributed by atoms with E-state index in [0.29, 0.717) is 25.3 Å². The first-order valence-corrected chi connectivity index (χ1v) is 9.58. The molecule has 0 aliphatic carbocycles. The Bertz CT molecular complexity index is 776. The number of carbonyl (C=O) groups is 2. The number of carboxylic acid groups (broad SMARTS) is 1. The van der Waals surface area contributed by atoms with E-state index >= 15 is 0 Å². The summed E-state index contributed by atoms with van der Waals surface area (Å²) >= 11 is 1.57. The predicted octanol–water partition coefficient (Wildman–Crippen LogP) is 2.11. The number of nitrogens with zero attached hydrogens (tertiary/aromatic N) is 4. The van der Waals surface area contributed by atoms with Crippen molar-refractivity contribution < 1.29 is 14.7 Å². The summed E-state index contributed by atoms with van der Waals surface area (Å²) in [6.45, 7) is 5.62. The lowest BCUT2D eigenvalue weighted by Crippen LogP contribution is -2.25. The molecule has 0 atom stereocenters. The molecule has 0 aromatic carbocycles. The lowest BCUT2D eigenvalue weighted by atomic mass is 10.2. The Kier molecular flexibility index (Phi) is 7.14. The minimum absolute atomic E-state index is 0.149. The number of pyridine rings is 1. The standard InChI is InChI=1S/C17H23N5O3S/c1-11(2)10-22-14(20-21-17(22)26-3)5-4-7-19-15(23)12-6-8-18-13(9-12)16(24)25/h6,8-9,11H,4-5,7,10H2,1-3H3,(H,19,23)(H,24,25). The van der Waals surface area contributed by atoms with Gasteiger partial charge in [0, 0.05) is 31.3 Å². The van der Waals surface area contributed by atoms with Crippen LogP contribution in [0.2, 0.25) is 0 Å². The van der Waals surface area contributed by atoms with Crippen LogP contribution in [0.3, 0.4) is 0 Å². The zero-order valence-electron chi connectivity index (χ0n) is 15.1. The predicted molar refractivity (Wildman–Crippen MR) is 98.5 cm³/mol. The third-order valence-electron chi connectivity index (χ3n) is 3.63. The smallest absolute Gasteiger partial charge is 0.354 e. The first-order valence-electron chi connectivity index (χ1n) is 8.36. The Balaban J connectivity index is 1.89. The molecule has 26 heavy (non-hydrogen) atoms. The fourth-order valence-corrected chi connectivity index (χ4v) is 2.97. The van der Waals surface area contributed by atoms with Gasteiger partial charge in [-0.15, -0.1) is 10.2 Å². The second-order valence-electron chi connectivity index (χ2n) is 6.20. The number of aryl methyl sites for hydroxylation is 1. The number of hydrogen-bond donors (Lipinski definition) is 2. The molecule has 2 N–H and O–H groups in total. The minimum atomic E-state index is -1.16. The van der Waals surface area contributed by atoms with Crippen LogP contribution in [0, 0.1) is 5.92 Å². The van der Waals surface area contributed by atoms with Gasteiger partial charge < -0.3 is 15.0 Å². The van der Waals surface area contributed by atoms with E-state index in [1.165, 1.54) is 18.3 Å². The molecule has 2 aromatic heterocycles. The number of aromatic carboxylic acids is 1. The molecular formula is C17H23N5O3S. The van der Waals surface area contributed by atoms with Gasteiger partial charge in [0.2, 0.25) is 0 Å². The van der Waals surface area contributed by atoms with Crippen molar-refractivity contribution in [3.05, 3.63) is 35.4 Å². The molecule has 0 aliphatic heterocycles. The molecule has 1 amide bonds. The largest absolute Gasteiger partial charge is 0.477 e. The van der Waals surface area contributed by atoms with Gasteiger partial charge in [-0.05, 0) is 30.7 Å². The van der Waals surface area contributed by atoms with E-state index in [9.17, 15) is 9.59 Å². The molecule has 2 rings (SSSR count). The molecule has 0 spiro atoms. The zero-order valence-corrected chi connectivity index (χ0v) is 15.9.